The van der Waals surface area contributed by atoms with Gasteiger partial charge in [-0.15, -0.1) is 0 Å². The van der Waals surface area contributed by atoms with Gasteiger partial charge in [0, 0.05) is 12.3 Å². The van der Waals surface area contributed by atoms with Gasteiger partial charge in [0.25, 0.3) is 0 Å². The third-order valence-corrected chi connectivity index (χ3v) is 3.52. The van der Waals surface area contributed by atoms with Gasteiger partial charge >= 0.3 is 0 Å². The van der Waals surface area contributed by atoms with Crippen molar-refractivity contribution in [2.75, 3.05) is 0 Å². The van der Waals surface area contributed by atoms with Gasteiger partial charge < -0.3 is 5.11 Å². The van der Waals surface area contributed by atoms with Crippen LogP contribution in [0.2, 0.25) is 0 Å². The highest BCUT2D eigenvalue weighted by Gasteiger charge is 2.37. The first-order valence-corrected chi connectivity index (χ1v) is 6.08. The normalized spacial score (nSPS) is 21.1. The van der Waals surface area contributed by atoms with Gasteiger partial charge in [-0.2, -0.15) is 0 Å². The average Bonchev–Trinajstić information content (AvgIpc) is 2.43. The molecule has 0 aliphatic heterocycles. The Morgan fingerprint density at radius 1 is 0.900 bits per heavy atom. The molecule has 110 valence electrons. The molecule has 0 aromatic heterocycles. The number of Topliss-reactive ketones (excluding diaryl/α,β-unsaturated/α-hetero) is 1. The van der Waals surface area contributed by atoms with Crippen LogP contribution < -0.4 is 0 Å². The molecule has 0 bridgehead atoms. The number of rotatable bonds is 2. The third-order valence-electron chi connectivity index (χ3n) is 3.52. The van der Waals surface area contributed by atoms with E-state index in [4.69, 9.17) is 0 Å². The van der Waals surface area contributed by atoms with E-state index in [0.29, 0.717) is 12.8 Å². The molecule has 0 spiro atoms. The van der Waals surface area contributed by atoms with Crippen molar-refractivity contribution >= 4 is 5.78 Å². The molecule has 2 atom stereocenters. The van der Waals surface area contributed by atoms with Crippen LogP contribution in [0.5, 0.6) is 0 Å². The Bertz CT molecular complexity index is 529. The lowest BCUT2D eigenvalue weighted by atomic mass is 9.81. The zero-order chi connectivity index (χ0) is 15.0. The van der Waals surface area contributed by atoms with E-state index in [0.717, 1.165) is 0 Å². The van der Waals surface area contributed by atoms with Crippen LogP contribution in [0.15, 0.2) is 0 Å². The first-order valence-electron chi connectivity index (χ1n) is 6.08. The Labute approximate surface area is 111 Å². The Balaban J connectivity index is 2.49. The molecule has 0 amide bonds. The second-order valence-corrected chi connectivity index (χ2v) is 4.75. The van der Waals surface area contributed by atoms with Crippen LogP contribution in [0.25, 0.3) is 0 Å². The lowest BCUT2D eigenvalue weighted by Gasteiger charge is -2.26. The van der Waals surface area contributed by atoms with Crippen LogP contribution in [0, 0.1) is 35.0 Å². The Kier molecular flexibility index (Phi) is 4.08. The number of carbonyl (C=O) groups is 1. The predicted octanol–water partition coefficient (Wildman–Crippen LogP) is 3.17. The largest absolute Gasteiger partial charge is 0.387 e. The van der Waals surface area contributed by atoms with Crippen molar-refractivity contribution in [3.05, 3.63) is 34.6 Å². The summed E-state index contributed by atoms with van der Waals surface area (Å²) in [6, 6.07) is 0. The number of aliphatic hydroxyl groups is 1. The molecular weight excluding hydrogens is 283 g/mol. The maximum atomic E-state index is 13.5. The third kappa shape index (κ3) is 2.30. The van der Waals surface area contributed by atoms with Crippen LogP contribution in [0.1, 0.15) is 37.4 Å². The van der Waals surface area contributed by atoms with Crippen LogP contribution in [0.3, 0.4) is 0 Å². The van der Waals surface area contributed by atoms with Crippen LogP contribution in [-0.2, 0) is 4.79 Å². The molecule has 20 heavy (non-hydrogen) atoms. The zero-order valence-electron chi connectivity index (χ0n) is 10.2. The molecule has 1 aliphatic rings. The second-order valence-electron chi connectivity index (χ2n) is 4.75. The van der Waals surface area contributed by atoms with Crippen molar-refractivity contribution in [3.63, 3.8) is 0 Å². The molecule has 2 nitrogen and oxygen atoms in total. The SMILES string of the molecule is O=C1CCCC[C@@H]1[C@H](O)c1c(F)c(F)c(F)c(F)c1F. The van der Waals surface area contributed by atoms with Crippen molar-refractivity contribution in [1.82, 2.24) is 0 Å². The van der Waals surface area contributed by atoms with Gasteiger partial charge in [0.1, 0.15) is 5.78 Å². The first-order chi connectivity index (χ1) is 9.36. The summed E-state index contributed by atoms with van der Waals surface area (Å²) in [5.74, 6) is -12.3. The molecular formula is C13H11F5O2. The summed E-state index contributed by atoms with van der Waals surface area (Å²) in [5.41, 5.74) is -1.33. The molecule has 1 aromatic rings. The fourth-order valence-corrected chi connectivity index (χ4v) is 2.43. The average molecular weight is 294 g/mol. The van der Waals surface area contributed by atoms with E-state index < -0.39 is 52.5 Å². The topological polar surface area (TPSA) is 37.3 Å². The zero-order valence-corrected chi connectivity index (χ0v) is 10.2. The van der Waals surface area contributed by atoms with E-state index in [1.165, 1.54) is 0 Å². The highest BCUT2D eigenvalue weighted by Crippen LogP contribution is 2.36. The molecule has 1 fully saturated rings. The standard InChI is InChI=1S/C13H11F5O2/c14-8-7(9(15)11(17)12(18)10(8)16)13(20)5-3-1-2-4-6(5)19/h5,13,20H,1-4H2/t5-,13-/m0/s1. The van der Waals surface area contributed by atoms with Crippen LogP contribution in [0.4, 0.5) is 22.0 Å². The molecule has 0 unspecified atom stereocenters. The van der Waals surface area contributed by atoms with Crippen molar-refractivity contribution in [1.29, 1.82) is 0 Å². The van der Waals surface area contributed by atoms with Gasteiger partial charge in [-0.3, -0.25) is 4.79 Å². The lowest BCUT2D eigenvalue weighted by molar-refractivity contribution is -0.128. The first kappa shape index (κ1) is 14.9. The number of hydrogen-bond acceptors (Lipinski definition) is 2. The fraction of sp³-hybridized carbons (Fsp3) is 0.462. The van der Waals surface area contributed by atoms with E-state index in [9.17, 15) is 31.9 Å². The predicted molar refractivity (Wildman–Crippen MR) is 58.2 cm³/mol. The van der Waals surface area contributed by atoms with E-state index in [1.54, 1.807) is 0 Å². The number of benzene rings is 1. The quantitative estimate of drug-likeness (QED) is 0.517. The molecule has 2 rings (SSSR count). The molecule has 1 aliphatic carbocycles. The van der Waals surface area contributed by atoms with Crippen molar-refractivity contribution in [2.24, 2.45) is 5.92 Å². The Morgan fingerprint density at radius 3 is 1.90 bits per heavy atom. The Hall–Kier alpha value is -1.50. The molecule has 0 heterocycles. The van der Waals surface area contributed by atoms with Gasteiger partial charge in [0.2, 0.25) is 5.82 Å². The van der Waals surface area contributed by atoms with E-state index in [-0.39, 0.29) is 12.8 Å². The minimum absolute atomic E-state index is 0.122. The summed E-state index contributed by atoms with van der Waals surface area (Å²) >= 11 is 0. The molecule has 1 N–H and O–H groups in total. The Morgan fingerprint density at radius 2 is 1.40 bits per heavy atom. The maximum Gasteiger partial charge on any atom is 0.200 e. The van der Waals surface area contributed by atoms with E-state index in [2.05, 4.69) is 0 Å². The lowest BCUT2D eigenvalue weighted by Crippen LogP contribution is -2.27. The number of aliphatic hydroxyl groups excluding tert-OH is 1. The molecule has 0 saturated heterocycles. The fourth-order valence-electron chi connectivity index (χ4n) is 2.43. The summed E-state index contributed by atoms with van der Waals surface area (Å²) in [5, 5.41) is 9.86. The summed E-state index contributed by atoms with van der Waals surface area (Å²) in [7, 11) is 0. The molecule has 0 radical (unpaired) electrons. The van der Waals surface area contributed by atoms with Crippen LogP contribution in [-0.4, -0.2) is 10.9 Å². The summed E-state index contributed by atoms with van der Waals surface area (Å²) in [6.07, 6.45) is -0.633. The second kappa shape index (κ2) is 5.47. The van der Waals surface area contributed by atoms with Crippen molar-refractivity contribution < 1.29 is 31.9 Å². The minimum atomic E-state index is -2.29. The number of hydrogen-bond donors (Lipinski definition) is 1. The number of carbonyl (C=O) groups excluding carboxylic acids is 1. The van der Waals surface area contributed by atoms with E-state index >= 15 is 0 Å². The minimum Gasteiger partial charge on any atom is -0.387 e. The monoisotopic (exact) mass is 294 g/mol. The molecule has 7 heteroatoms. The van der Waals surface area contributed by atoms with Gasteiger partial charge in [0.15, 0.2) is 23.3 Å². The van der Waals surface area contributed by atoms with Gasteiger partial charge in [0.05, 0.1) is 11.7 Å². The summed E-state index contributed by atoms with van der Waals surface area (Å²) < 4.78 is 66.1. The molecule has 1 saturated carbocycles. The van der Waals surface area contributed by atoms with Gasteiger partial charge in [-0.25, -0.2) is 22.0 Å². The van der Waals surface area contributed by atoms with E-state index in [1.807, 2.05) is 0 Å². The number of ketones is 1. The van der Waals surface area contributed by atoms with Gasteiger partial charge in [-0.1, -0.05) is 6.42 Å². The summed E-state index contributed by atoms with van der Waals surface area (Å²) in [4.78, 5) is 11.6. The summed E-state index contributed by atoms with van der Waals surface area (Å²) in [6.45, 7) is 0. The van der Waals surface area contributed by atoms with Crippen molar-refractivity contribution in [3.8, 4) is 0 Å². The number of halogens is 5. The van der Waals surface area contributed by atoms with Gasteiger partial charge in [-0.05, 0) is 12.8 Å². The van der Waals surface area contributed by atoms with Crippen LogP contribution >= 0.6 is 0 Å². The smallest absolute Gasteiger partial charge is 0.200 e. The van der Waals surface area contributed by atoms with Crippen molar-refractivity contribution in [2.45, 2.75) is 31.8 Å². The maximum absolute atomic E-state index is 13.5. The highest BCUT2D eigenvalue weighted by molar-refractivity contribution is 5.82. The highest BCUT2D eigenvalue weighted by atomic mass is 19.2. The molecule has 1 aromatic carbocycles.